The van der Waals surface area contributed by atoms with Crippen LogP contribution in [-0.4, -0.2) is 18.2 Å². The number of benzene rings is 1. The van der Waals surface area contributed by atoms with Crippen LogP contribution in [0.25, 0.3) is 0 Å². The molecule has 1 rings (SSSR count). The van der Waals surface area contributed by atoms with Crippen LogP contribution >= 0.6 is 0 Å². The second kappa shape index (κ2) is 7.48. The van der Waals surface area contributed by atoms with Gasteiger partial charge in [-0.05, 0) is 30.7 Å². The van der Waals surface area contributed by atoms with Gasteiger partial charge in [-0.25, -0.2) is 4.99 Å². The molecule has 4 nitrogen and oxygen atoms in total. The highest BCUT2D eigenvalue weighted by molar-refractivity contribution is 5.59. The smallest absolute Gasteiger partial charge is 0.119 e. The van der Waals surface area contributed by atoms with Gasteiger partial charge < -0.3 is 4.74 Å². The van der Waals surface area contributed by atoms with Crippen LogP contribution in [0.2, 0.25) is 0 Å². The van der Waals surface area contributed by atoms with E-state index in [9.17, 15) is 0 Å². The van der Waals surface area contributed by atoms with Gasteiger partial charge in [-0.2, -0.15) is 0 Å². The van der Waals surface area contributed by atoms with Crippen LogP contribution < -0.4 is 10.2 Å². The first-order chi connectivity index (χ1) is 7.86. The Morgan fingerprint density at radius 2 is 2.06 bits per heavy atom. The van der Waals surface area contributed by atoms with Crippen LogP contribution in [0.3, 0.4) is 0 Å². The van der Waals surface area contributed by atoms with E-state index in [0.717, 1.165) is 17.9 Å². The molecule has 0 aliphatic rings. The Balaban J connectivity index is 2.45. The Hall–Kier alpha value is -1.81. The van der Waals surface area contributed by atoms with Gasteiger partial charge in [0.15, 0.2) is 0 Å². The fourth-order valence-corrected chi connectivity index (χ4v) is 1.11. The van der Waals surface area contributed by atoms with Crippen molar-refractivity contribution in [2.45, 2.75) is 13.3 Å². The largest absolute Gasteiger partial charge is 0.490 e. The van der Waals surface area contributed by atoms with Crippen LogP contribution in [-0.2, 0) is 0 Å². The van der Waals surface area contributed by atoms with Crippen LogP contribution in [0.15, 0.2) is 41.4 Å². The number of hydrogen-bond acceptors (Lipinski definition) is 3. The van der Waals surface area contributed by atoms with E-state index in [2.05, 4.69) is 18.0 Å². The summed E-state index contributed by atoms with van der Waals surface area (Å²) in [6.07, 6.45) is 6.28. The van der Waals surface area contributed by atoms with Gasteiger partial charge in [0.1, 0.15) is 18.7 Å². The molecule has 0 amide bonds. The van der Waals surface area contributed by atoms with Gasteiger partial charge in [0.2, 0.25) is 0 Å². The van der Waals surface area contributed by atoms with Crippen molar-refractivity contribution >= 4 is 12.0 Å². The van der Waals surface area contributed by atoms with Crippen LogP contribution in [0.1, 0.15) is 13.3 Å². The number of hydroxylamine groups is 1. The molecule has 0 aliphatic carbocycles. The predicted octanol–water partition coefficient (Wildman–Crippen LogP) is 2.67. The highest BCUT2D eigenvalue weighted by Gasteiger charge is 1.92. The zero-order chi connectivity index (χ0) is 11.6. The van der Waals surface area contributed by atoms with Crippen molar-refractivity contribution in [2.75, 3.05) is 6.61 Å². The minimum Gasteiger partial charge on any atom is -0.490 e. The van der Waals surface area contributed by atoms with Crippen molar-refractivity contribution < 1.29 is 9.94 Å². The first kappa shape index (κ1) is 12.3. The van der Waals surface area contributed by atoms with E-state index >= 15 is 0 Å². The summed E-state index contributed by atoms with van der Waals surface area (Å²) in [7, 11) is 0. The highest BCUT2D eigenvalue weighted by Crippen LogP contribution is 2.17. The van der Waals surface area contributed by atoms with Crippen LogP contribution in [0.4, 0.5) is 5.69 Å². The molecule has 0 atom stereocenters. The van der Waals surface area contributed by atoms with E-state index in [4.69, 9.17) is 9.94 Å². The first-order valence-corrected chi connectivity index (χ1v) is 5.17. The lowest BCUT2D eigenvalue weighted by atomic mass is 10.3. The topological polar surface area (TPSA) is 53.8 Å². The second-order valence-electron chi connectivity index (χ2n) is 3.07. The van der Waals surface area contributed by atoms with Crippen LogP contribution in [0, 0.1) is 0 Å². The van der Waals surface area contributed by atoms with Crippen molar-refractivity contribution in [3.8, 4) is 5.75 Å². The van der Waals surface area contributed by atoms with Gasteiger partial charge in [-0.1, -0.05) is 19.1 Å². The maximum atomic E-state index is 8.32. The Bertz CT molecular complexity index is 345. The molecule has 2 N–H and O–H groups in total. The van der Waals surface area contributed by atoms with Crippen molar-refractivity contribution in [3.63, 3.8) is 0 Å². The zero-order valence-corrected chi connectivity index (χ0v) is 9.26. The Morgan fingerprint density at radius 1 is 1.31 bits per heavy atom. The molecule has 0 heterocycles. The molecule has 0 saturated carbocycles. The Morgan fingerprint density at radius 3 is 2.69 bits per heavy atom. The molecule has 0 aliphatic heterocycles. The monoisotopic (exact) mass is 220 g/mol. The second-order valence-corrected chi connectivity index (χ2v) is 3.07. The average Bonchev–Trinajstić information content (AvgIpc) is 2.33. The molecule has 0 radical (unpaired) electrons. The summed E-state index contributed by atoms with van der Waals surface area (Å²) in [5.41, 5.74) is 2.60. The first-order valence-electron chi connectivity index (χ1n) is 5.17. The fraction of sp³-hybridized carbons (Fsp3) is 0.250. The quantitative estimate of drug-likeness (QED) is 0.335. The number of rotatable bonds is 6. The van der Waals surface area contributed by atoms with Gasteiger partial charge in [-0.3, -0.25) is 10.7 Å². The van der Waals surface area contributed by atoms with E-state index in [0.29, 0.717) is 6.61 Å². The number of allylic oxidation sites excluding steroid dienone is 1. The van der Waals surface area contributed by atoms with E-state index in [-0.39, 0.29) is 0 Å². The van der Waals surface area contributed by atoms with E-state index in [1.54, 1.807) is 0 Å². The lowest BCUT2D eigenvalue weighted by molar-refractivity contribution is 0.240. The summed E-state index contributed by atoms with van der Waals surface area (Å²) in [5, 5.41) is 8.32. The lowest BCUT2D eigenvalue weighted by Gasteiger charge is -2.02. The summed E-state index contributed by atoms with van der Waals surface area (Å²) in [6, 6.07) is 7.30. The zero-order valence-electron chi connectivity index (χ0n) is 9.26. The fourth-order valence-electron chi connectivity index (χ4n) is 1.11. The normalized spacial score (nSPS) is 11.1. The molecular formula is C12H16N2O2. The van der Waals surface area contributed by atoms with E-state index in [1.165, 1.54) is 6.34 Å². The molecule has 86 valence electrons. The van der Waals surface area contributed by atoms with Crippen molar-refractivity contribution in [2.24, 2.45) is 4.99 Å². The third-order valence-corrected chi connectivity index (χ3v) is 1.86. The Labute approximate surface area is 95.2 Å². The number of hydrogen-bond donors (Lipinski definition) is 2. The summed E-state index contributed by atoms with van der Waals surface area (Å²) in [6.45, 7) is 2.66. The Kier molecular flexibility index (Phi) is 5.73. The third-order valence-electron chi connectivity index (χ3n) is 1.86. The van der Waals surface area contributed by atoms with Gasteiger partial charge in [0, 0.05) is 0 Å². The summed E-state index contributed by atoms with van der Waals surface area (Å²) >= 11 is 0. The molecule has 1 aromatic rings. The maximum absolute atomic E-state index is 8.32. The van der Waals surface area contributed by atoms with Crippen LogP contribution in [0.5, 0.6) is 5.75 Å². The average molecular weight is 220 g/mol. The third kappa shape index (κ3) is 4.61. The number of nitrogens with zero attached hydrogens (tertiary/aromatic N) is 1. The maximum Gasteiger partial charge on any atom is 0.119 e. The number of aliphatic imine (C=N–C) groups is 1. The predicted molar refractivity (Wildman–Crippen MR) is 64.4 cm³/mol. The summed E-state index contributed by atoms with van der Waals surface area (Å²) < 4.78 is 5.46. The molecule has 0 unspecified atom stereocenters. The molecule has 0 spiro atoms. The van der Waals surface area contributed by atoms with Gasteiger partial charge >= 0.3 is 0 Å². The lowest BCUT2D eigenvalue weighted by Crippen LogP contribution is -2.00. The molecule has 0 fully saturated rings. The number of ether oxygens (including phenoxy) is 1. The van der Waals surface area contributed by atoms with E-state index in [1.807, 2.05) is 35.8 Å². The minimum absolute atomic E-state index is 0.578. The van der Waals surface area contributed by atoms with Gasteiger partial charge in [0.05, 0.1) is 5.69 Å². The van der Waals surface area contributed by atoms with Crippen molar-refractivity contribution in [1.82, 2.24) is 5.48 Å². The summed E-state index contributed by atoms with van der Waals surface area (Å²) in [5.74, 6) is 0.802. The molecule has 4 heteroatoms. The van der Waals surface area contributed by atoms with Gasteiger partial charge in [0.25, 0.3) is 0 Å². The summed E-state index contributed by atoms with van der Waals surface area (Å²) in [4.78, 5) is 3.92. The SMILES string of the molecule is CC/C=C/COc1ccc(N=CNO)cc1. The minimum atomic E-state index is 0.578. The molecular weight excluding hydrogens is 204 g/mol. The number of nitrogens with one attached hydrogen (secondary N) is 1. The molecule has 0 bridgehead atoms. The van der Waals surface area contributed by atoms with E-state index < -0.39 is 0 Å². The van der Waals surface area contributed by atoms with Crippen molar-refractivity contribution in [3.05, 3.63) is 36.4 Å². The van der Waals surface area contributed by atoms with Gasteiger partial charge in [-0.15, -0.1) is 0 Å². The molecule has 0 aromatic heterocycles. The highest BCUT2D eigenvalue weighted by atomic mass is 16.5. The molecule has 1 aromatic carbocycles. The standard InChI is InChI=1S/C12H16N2O2/c1-2-3-4-9-16-12-7-5-11(6-8-12)13-10-14-15/h3-8,10,15H,2,9H2,1H3,(H,13,14)/b4-3+. The molecule has 0 saturated heterocycles. The van der Waals surface area contributed by atoms with Crippen molar-refractivity contribution in [1.29, 1.82) is 0 Å². The molecule has 16 heavy (non-hydrogen) atoms.